The zero-order chi connectivity index (χ0) is 17.4. The SMILES string of the molecule is COc1cccc(OCCN(C)C(=O)N[C@H](C)CN2CCCC2)c1. The van der Waals surface area contributed by atoms with E-state index in [4.69, 9.17) is 9.47 Å². The summed E-state index contributed by atoms with van der Waals surface area (Å²) in [7, 11) is 3.41. The number of hydrogen-bond acceptors (Lipinski definition) is 4. The summed E-state index contributed by atoms with van der Waals surface area (Å²) in [4.78, 5) is 16.2. The molecule has 0 spiro atoms. The summed E-state index contributed by atoms with van der Waals surface area (Å²) in [6.45, 7) is 6.22. The molecule has 1 aromatic rings. The van der Waals surface area contributed by atoms with Crippen LogP contribution < -0.4 is 14.8 Å². The van der Waals surface area contributed by atoms with E-state index in [1.807, 2.05) is 24.3 Å². The third kappa shape index (κ3) is 5.92. The van der Waals surface area contributed by atoms with Gasteiger partial charge in [-0.15, -0.1) is 0 Å². The van der Waals surface area contributed by atoms with Gasteiger partial charge in [0, 0.05) is 25.7 Å². The second-order valence-corrected chi connectivity index (χ2v) is 6.31. The molecule has 1 aliphatic heterocycles. The minimum Gasteiger partial charge on any atom is -0.497 e. The molecule has 1 aromatic carbocycles. The van der Waals surface area contributed by atoms with Crippen LogP contribution in [0.5, 0.6) is 11.5 Å². The van der Waals surface area contributed by atoms with Crippen LogP contribution in [0.4, 0.5) is 4.79 Å². The van der Waals surface area contributed by atoms with Crippen molar-refractivity contribution in [3.8, 4) is 11.5 Å². The van der Waals surface area contributed by atoms with Gasteiger partial charge in [0.1, 0.15) is 18.1 Å². The van der Waals surface area contributed by atoms with Crippen molar-refractivity contribution in [2.45, 2.75) is 25.8 Å². The molecule has 1 atom stereocenters. The van der Waals surface area contributed by atoms with Gasteiger partial charge < -0.3 is 24.6 Å². The van der Waals surface area contributed by atoms with E-state index < -0.39 is 0 Å². The zero-order valence-corrected chi connectivity index (χ0v) is 15.0. The molecule has 2 amide bonds. The summed E-state index contributed by atoms with van der Waals surface area (Å²) in [5.74, 6) is 1.50. The number of methoxy groups -OCH3 is 1. The van der Waals surface area contributed by atoms with Crippen molar-refractivity contribution in [3.05, 3.63) is 24.3 Å². The predicted octanol–water partition coefficient (Wildman–Crippen LogP) is 2.20. The summed E-state index contributed by atoms with van der Waals surface area (Å²) in [5.41, 5.74) is 0. The van der Waals surface area contributed by atoms with Gasteiger partial charge in [-0.25, -0.2) is 4.79 Å². The second-order valence-electron chi connectivity index (χ2n) is 6.31. The third-order valence-electron chi connectivity index (χ3n) is 4.18. The Hall–Kier alpha value is -1.95. The normalized spacial score (nSPS) is 15.8. The zero-order valence-electron chi connectivity index (χ0n) is 15.0. The highest BCUT2D eigenvalue weighted by Crippen LogP contribution is 2.18. The minimum absolute atomic E-state index is 0.0593. The number of carbonyl (C=O) groups excluding carboxylic acids is 1. The van der Waals surface area contributed by atoms with Crippen LogP contribution in [0.3, 0.4) is 0 Å². The molecule has 1 heterocycles. The Morgan fingerprint density at radius 1 is 1.33 bits per heavy atom. The molecule has 0 unspecified atom stereocenters. The molecule has 6 nitrogen and oxygen atoms in total. The van der Waals surface area contributed by atoms with Crippen molar-refractivity contribution in [3.63, 3.8) is 0 Å². The van der Waals surface area contributed by atoms with Gasteiger partial charge in [-0.3, -0.25) is 0 Å². The fraction of sp³-hybridized carbons (Fsp3) is 0.611. The van der Waals surface area contributed by atoms with E-state index in [9.17, 15) is 4.79 Å². The van der Waals surface area contributed by atoms with E-state index in [1.54, 1.807) is 19.1 Å². The van der Waals surface area contributed by atoms with Gasteiger partial charge in [0.05, 0.1) is 13.7 Å². The Morgan fingerprint density at radius 3 is 2.75 bits per heavy atom. The Morgan fingerprint density at radius 2 is 2.04 bits per heavy atom. The van der Waals surface area contributed by atoms with Crippen molar-refractivity contribution in [2.75, 3.05) is 46.9 Å². The van der Waals surface area contributed by atoms with Crippen LogP contribution in [0.15, 0.2) is 24.3 Å². The maximum Gasteiger partial charge on any atom is 0.317 e. The molecule has 0 aliphatic carbocycles. The lowest BCUT2D eigenvalue weighted by Crippen LogP contribution is -2.47. The molecule has 1 aliphatic rings. The maximum atomic E-state index is 12.2. The van der Waals surface area contributed by atoms with Crippen molar-refractivity contribution in [1.29, 1.82) is 0 Å². The van der Waals surface area contributed by atoms with E-state index in [-0.39, 0.29) is 12.1 Å². The lowest BCUT2D eigenvalue weighted by Gasteiger charge is -2.24. The molecule has 0 bridgehead atoms. The molecule has 134 valence electrons. The molecule has 0 radical (unpaired) electrons. The number of hydrogen-bond donors (Lipinski definition) is 1. The Kier molecular flexibility index (Phi) is 7.18. The number of ether oxygens (including phenoxy) is 2. The number of likely N-dealkylation sites (tertiary alicyclic amines) is 1. The number of carbonyl (C=O) groups is 1. The first-order chi connectivity index (χ1) is 11.6. The van der Waals surface area contributed by atoms with Gasteiger partial charge in [-0.05, 0) is 45.0 Å². The van der Waals surface area contributed by atoms with Gasteiger partial charge in [0.2, 0.25) is 0 Å². The Bertz CT molecular complexity index is 518. The van der Waals surface area contributed by atoms with Crippen molar-refractivity contribution in [2.24, 2.45) is 0 Å². The van der Waals surface area contributed by atoms with Crippen molar-refractivity contribution in [1.82, 2.24) is 15.1 Å². The van der Waals surface area contributed by atoms with E-state index in [1.165, 1.54) is 12.8 Å². The van der Waals surface area contributed by atoms with Gasteiger partial charge in [-0.1, -0.05) is 6.07 Å². The monoisotopic (exact) mass is 335 g/mol. The highest BCUT2D eigenvalue weighted by molar-refractivity contribution is 5.74. The molecule has 0 saturated carbocycles. The van der Waals surface area contributed by atoms with E-state index >= 15 is 0 Å². The van der Waals surface area contributed by atoms with Crippen LogP contribution in [0.1, 0.15) is 19.8 Å². The lowest BCUT2D eigenvalue weighted by atomic mass is 10.3. The van der Waals surface area contributed by atoms with Crippen LogP contribution in [0.2, 0.25) is 0 Å². The van der Waals surface area contributed by atoms with E-state index in [0.717, 1.165) is 31.1 Å². The summed E-state index contributed by atoms with van der Waals surface area (Å²) in [6.07, 6.45) is 2.53. The molecule has 6 heteroatoms. The summed E-state index contributed by atoms with van der Waals surface area (Å²) >= 11 is 0. The molecule has 24 heavy (non-hydrogen) atoms. The first kappa shape index (κ1) is 18.4. The number of nitrogens with one attached hydrogen (secondary N) is 1. The molecule has 1 saturated heterocycles. The van der Waals surface area contributed by atoms with Crippen LogP contribution in [-0.4, -0.2) is 68.8 Å². The standard InChI is InChI=1S/C18H29N3O3/c1-15(14-21-9-4-5-10-21)19-18(22)20(2)11-12-24-17-8-6-7-16(13-17)23-3/h6-8,13,15H,4-5,9-12,14H2,1-3H3,(H,19,22)/t15-/m1/s1. The third-order valence-corrected chi connectivity index (χ3v) is 4.18. The van der Waals surface area contributed by atoms with Gasteiger partial charge in [0.25, 0.3) is 0 Å². The highest BCUT2D eigenvalue weighted by atomic mass is 16.5. The average molecular weight is 335 g/mol. The first-order valence-electron chi connectivity index (χ1n) is 8.59. The van der Waals surface area contributed by atoms with E-state index in [2.05, 4.69) is 17.1 Å². The van der Waals surface area contributed by atoms with Crippen LogP contribution >= 0.6 is 0 Å². The smallest absolute Gasteiger partial charge is 0.317 e. The maximum absolute atomic E-state index is 12.2. The Labute approximate surface area is 144 Å². The summed E-state index contributed by atoms with van der Waals surface area (Å²) < 4.78 is 10.8. The topological polar surface area (TPSA) is 54.0 Å². The van der Waals surface area contributed by atoms with Crippen molar-refractivity contribution < 1.29 is 14.3 Å². The largest absolute Gasteiger partial charge is 0.497 e. The second kappa shape index (κ2) is 9.37. The number of amides is 2. The first-order valence-corrected chi connectivity index (χ1v) is 8.59. The summed E-state index contributed by atoms with van der Waals surface area (Å²) in [5, 5.41) is 3.04. The van der Waals surface area contributed by atoms with Crippen LogP contribution in [0, 0.1) is 0 Å². The van der Waals surface area contributed by atoms with Gasteiger partial charge in [0.15, 0.2) is 0 Å². The average Bonchev–Trinajstić information content (AvgIpc) is 3.07. The number of benzene rings is 1. The van der Waals surface area contributed by atoms with Gasteiger partial charge >= 0.3 is 6.03 Å². The Balaban J connectivity index is 1.67. The van der Waals surface area contributed by atoms with E-state index in [0.29, 0.717) is 13.2 Å². The number of nitrogens with zero attached hydrogens (tertiary/aromatic N) is 2. The highest BCUT2D eigenvalue weighted by Gasteiger charge is 2.17. The quantitative estimate of drug-likeness (QED) is 0.791. The number of likely N-dealkylation sites (N-methyl/N-ethyl adjacent to an activating group) is 1. The lowest BCUT2D eigenvalue weighted by molar-refractivity contribution is 0.188. The molecule has 2 rings (SSSR count). The molecule has 1 N–H and O–H groups in total. The molecular formula is C18H29N3O3. The fourth-order valence-electron chi connectivity index (χ4n) is 2.81. The number of urea groups is 1. The van der Waals surface area contributed by atoms with Crippen LogP contribution in [-0.2, 0) is 0 Å². The minimum atomic E-state index is -0.0593. The molecule has 1 fully saturated rings. The predicted molar refractivity (Wildman–Crippen MR) is 94.8 cm³/mol. The van der Waals surface area contributed by atoms with Crippen LogP contribution in [0.25, 0.3) is 0 Å². The number of rotatable bonds is 8. The van der Waals surface area contributed by atoms with Gasteiger partial charge in [-0.2, -0.15) is 0 Å². The fourth-order valence-corrected chi connectivity index (χ4v) is 2.81. The molecule has 0 aromatic heterocycles. The molecular weight excluding hydrogens is 306 g/mol. The summed E-state index contributed by atoms with van der Waals surface area (Å²) in [6, 6.07) is 7.55. The van der Waals surface area contributed by atoms with Crippen molar-refractivity contribution >= 4 is 6.03 Å².